The lowest BCUT2D eigenvalue weighted by Gasteiger charge is -2.14. The second kappa shape index (κ2) is 4.01. The largest absolute Gasteiger partial charge is 0.327 e. The summed E-state index contributed by atoms with van der Waals surface area (Å²) in [5.41, 5.74) is 8.98. The molecule has 1 aromatic heterocycles. The van der Waals surface area contributed by atoms with Gasteiger partial charge in [-0.05, 0) is 19.3 Å². The average molecular weight is 184 g/mol. The highest BCUT2D eigenvalue weighted by Gasteiger charge is 2.11. The van der Waals surface area contributed by atoms with Gasteiger partial charge < -0.3 is 5.73 Å². The lowest BCUT2D eigenvalue weighted by atomic mass is 10.0. The van der Waals surface area contributed by atoms with E-state index >= 15 is 0 Å². The number of hydrogen-bond donors (Lipinski definition) is 1. The molecule has 0 radical (unpaired) electrons. The Bertz CT molecular complexity index is 242. The molecule has 1 atom stereocenters. The van der Waals surface area contributed by atoms with E-state index in [1.165, 1.54) is 4.88 Å². The molecule has 1 unspecified atom stereocenters. The molecule has 0 aromatic carbocycles. The fourth-order valence-electron chi connectivity index (χ4n) is 0.972. The second-order valence-electron chi connectivity index (χ2n) is 3.47. The van der Waals surface area contributed by atoms with Gasteiger partial charge >= 0.3 is 0 Å². The zero-order chi connectivity index (χ0) is 9.14. The minimum atomic E-state index is 0.268. The molecule has 0 amide bonds. The van der Waals surface area contributed by atoms with Crippen LogP contribution >= 0.6 is 11.3 Å². The summed E-state index contributed by atoms with van der Waals surface area (Å²) < 4.78 is 0. The number of nitrogens with zero attached hydrogens (tertiary/aromatic N) is 1. The summed E-state index contributed by atoms with van der Waals surface area (Å²) in [6.45, 7) is 6.35. The molecule has 12 heavy (non-hydrogen) atoms. The maximum atomic E-state index is 5.96. The molecule has 0 aliphatic heterocycles. The Morgan fingerprint density at radius 2 is 2.25 bits per heavy atom. The summed E-state index contributed by atoms with van der Waals surface area (Å²) >= 11 is 1.70. The summed E-state index contributed by atoms with van der Waals surface area (Å²) in [5, 5.41) is 0. The number of aryl methyl sites for hydroxylation is 1. The number of rotatable bonds is 3. The first kappa shape index (κ1) is 9.68. The molecule has 1 heterocycles. The van der Waals surface area contributed by atoms with Gasteiger partial charge in [-0.1, -0.05) is 13.8 Å². The van der Waals surface area contributed by atoms with Crippen molar-refractivity contribution in [1.29, 1.82) is 0 Å². The number of thiazole rings is 1. The van der Waals surface area contributed by atoms with E-state index in [2.05, 4.69) is 18.8 Å². The Morgan fingerprint density at radius 3 is 2.67 bits per heavy atom. The Morgan fingerprint density at radius 1 is 1.58 bits per heavy atom. The topological polar surface area (TPSA) is 38.9 Å². The van der Waals surface area contributed by atoms with Gasteiger partial charge in [0.15, 0.2) is 0 Å². The van der Waals surface area contributed by atoms with Crippen molar-refractivity contribution in [2.75, 3.05) is 0 Å². The molecule has 0 saturated heterocycles. The normalized spacial score (nSPS) is 13.8. The average Bonchev–Trinajstić information content (AvgIpc) is 2.36. The number of nitrogens with two attached hydrogens (primary N) is 1. The molecule has 0 aliphatic carbocycles. The Labute approximate surface area is 77.8 Å². The van der Waals surface area contributed by atoms with Gasteiger partial charge in [-0.15, -0.1) is 11.3 Å². The second-order valence-corrected chi connectivity index (χ2v) is 4.41. The van der Waals surface area contributed by atoms with Crippen molar-refractivity contribution in [3.8, 4) is 0 Å². The van der Waals surface area contributed by atoms with Crippen molar-refractivity contribution in [3.05, 3.63) is 16.1 Å². The summed E-state index contributed by atoms with van der Waals surface area (Å²) in [7, 11) is 0. The minimum absolute atomic E-state index is 0.268. The van der Waals surface area contributed by atoms with Crippen molar-refractivity contribution in [2.24, 2.45) is 11.7 Å². The van der Waals surface area contributed by atoms with Crippen LogP contribution < -0.4 is 5.73 Å². The van der Waals surface area contributed by atoms with Crippen LogP contribution in [-0.2, 0) is 6.42 Å². The van der Waals surface area contributed by atoms with Crippen molar-refractivity contribution >= 4 is 11.3 Å². The lowest BCUT2D eigenvalue weighted by Crippen LogP contribution is -2.28. The molecule has 68 valence electrons. The Kier molecular flexibility index (Phi) is 3.23. The Balaban J connectivity index is 2.58. The van der Waals surface area contributed by atoms with E-state index in [-0.39, 0.29) is 6.04 Å². The highest BCUT2D eigenvalue weighted by atomic mass is 32.1. The molecule has 0 fully saturated rings. The third-order valence-electron chi connectivity index (χ3n) is 2.12. The van der Waals surface area contributed by atoms with Crippen LogP contribution in [0.2, 0.25) is 0 Å². The molecule has 0 saturated carbocycles. The lowest BCUT2D eigenvalue weighted by molar-refractivity contribution is 0.492. The van der Waals surface area contributed by atoms with E-state index in [4.69, 9.17) is 5.73 Å². The maximum absolute atomic E-state index is 5.96. The predicted octanol–water partition coefficient (Wildman–Crippen LogP) is 1.98. The molecular formula is C9H16N2S. The molecule has 3 heteroatoms. The fourth-order valence-corrected chi connectivity index (χ4v) is 1.82. The molecule has 2 N–H and O–H groups in total. The van der Waals surface area contributed by atoms with E-state index in [1.807, 2.05) is 12.4 Å². The van der Waals surface area contributed by atoms with E-state index in [0.717, 1.165) is 12.1 Å². The molecule has 0 bridgehead atoms. The molecular weight excluding hydrogens is 168 g/mol. The maximum Gasteiger partial charge on any atom is 0.0797 e. The summed E-state index contributed by atoms with van der Waals surface area (Å²) in [5.74, 6) is 0.548. The van der Waals surface area contributed by atoms with Crippen LogP contribution in [0, 0.1) is 12.8 Å². The van der Waals surface area contributed by atoms with Crippen LogP contribution in [0.3, 0.4) is 0 Å². The van der Waals surface area contributed by atoms with Crippen molar-refractivity contribution in [2.45, 2.75) is 33.2 Å². The third kappa shape index (κ3) is 2.29. The first-order valence-electron chi connectivity index (χ1n) is 4.25. The monoisotopic (exact) mass is 184 g/mol. The minimum Gasteiger partial charge on any atom is -0.327 e. The molecule has 0 spiro atoms. The van der Waals surface area contributed by atoms with E-state index in [9.17, 15) is 0 Å². The van der Waals surface area contributed by atoms with Gasteiger partial charge in [0.25, 0.3) is 0 Å². The van der Waals surface area contributed by atoms with Gasteiger partial charge in [-0.25, -0.2) is 4.98 Å². The molecule has 1 rings (SSSR count). The van der Waals surface area contributed by atoms with E-state index in [1.54, 1.807) is 11.3 Å². The van der Waals surface area contributed by atoms with Crippen molar-refractivity contribution in [3.63, 3.8) is 0 Å². The van der Waals surface area contributed by atoms with Gasteiger partial charge in [0.2, 0.25) is 0 Å². The highest BCUT2D eigenvalue weighted by molar-refractivity contribution is 7.09. The third-order valence-corrected chi connectivity index (χ3v) is 3.08. The summed E-state index contributed by atoms with van der Waals surface area (Å²) in [4.78, 5) is 5.52. The number of aromatic nitrogens is 1. The fraction of sp³-hybridized carbons (Fsp3) is 0.667. The first-order chi connectivity index (χ1) is 5.61. The molecule has 2 nitrogen and oxygen atoms in total. The quantitative estimate of drug-likeness (QED) is 0.780. The standard InChI is InChI=1S/C9H16N2S/c1-6(2)8(10)4-9-7(3)11-5-12-9/h5-6,8H,4,10H2,1-3H3. The summed E-state index contributed by atoms with van der Waals surface area (Å²) in [6, 6.07) is 0.268. The highest BCUT2D eigenvalue weighted by Crippen LogP contribution is 2.16. The zero-order valence-corrected chi connectivity index (χ0v) is 8.69. The van der Waals surface area contributed by atoms with Crippen molar-refractivity contribution < 1.29 is 0 Å². The first-order valence-corrected chi connectivity index (χ1v) is 5.13. The van der Waals surface area contributed by atoms with E-state index in [0.29, 0.717) is 5.92 Å². The van der Waals surface area contributed by atoms with Crippen LogP contribution in [0.5, 0.6) is 0 Å². The van der Waals surface area contributed by atoms with Gasteiger partial charge in [0.1, 0.15) is 0 Å². The van der Waals surface area contributed by atoms with Crippen LogP contribution in [0.4, 0.5) is 0 Å². The smallest absolute Gasteiger partial charge is 0.0797 e. The van der Waals surface area contributed by atoms with Crippen LogP contribution in [0.15, 0.2) is 5.51 Å². The molecule has 1 aromatic rings. The van der Waals surface area contributed by atoms with Gasteiger partial charge in [0, 0.05) is 10.9 Å². The van der Waals surface area contributed by atoms with Crippen LogP contribution in [-0.4, -0.2) is 11.0 Å². The van der Waals surface area contributed by atoms with E-state index < -0.39 is 0 Å². The zero-order valence-electron chi connectivity index (χ0n) is 7.87. The van der Waals surface area contributed by atoms with Crippen LogP contribution in [0.25, 0.3) is 0 Å². The van der Waals surface area contributed by atoms with Crippen LogP contribution in [0.1, 0.15) is 24.4 Å². The molecule has 0 aliphatic rings. The summed E-state index contributed by atoms with van der Waals surface area (Å²) in [6.07, 6.45) is 0.966. The van der Waals surface area contributed by atoms with Gasteiger partial charge in [-0.2, -0.15) is 0 Å². The SMILES string of the molecule is Cc1ncsc1CC(N)C(C)C. The van der Waals surface area contributed by atoms with Gasteiger partial charge in [-0.3, -0.25) is 0 Å². The predicted molar refractivity (Wildman–Crippen MR) is 53.4 cm³/mol. The number of hydrogen-bond acceptors (Lipinski definition) is 3. The van der Waals surface area contributed by atoms with Crippen molar-refractivity contribution in [1.82, 2.24) is 4.98 Å². The van der Waals surface area contributed by atoms with Gasteiger partial charge in [0.05, 0.1) is 11.2 Å². The Hall–Kier alpha value is -0.410.